The predicted octanol–water partition coefficient (Wildman–Crippen LogP) is 2.22. The molecular formula is C8H6N2OS2. The molecule has 66 valence electrons. The Morgan fingerprint density at radius 3 is 2.46 bits per heavy atom. The van der Waals surface area contributed by atoms with Crippen molar-refractivity contribution in [2.24, 2.45) is 0 Å². The number of thiophene rings is 1. The molecule has 0 bridgehead atoms. The zero-order chi connectivity index (χ0) is 9.84. The average molecular weight is 210 g/mol. The highest BCUT2D eigenvalue weighted by atomic mass is 32.2. The Bertz CT molecular complexity index is 398. The molecule has 3 nitrogen and oxygen atoms in total. The Hall–Kier alpha value is -1.17. The van der Waals surface area contributed by atoms with E-state index in [1.807, 2.05) is 18.4 Å². The van der Waals surface area contributed by atoms with Crippen LogP contribution in [0.15, 0.2) is 4.21 Å². The highest BCUT2D eigenvalue weighted by Crippen LogP contribution is 2.39. The van der Waals surface area contributed by atoms with E-state index in [1.165, 1.54) is 30.2 Å². The minimum absolute atomic E-state index is 0.402. The lowest BCUT2D eigenvalue weighted by atomic mass is 10.3. The van der Waals surface area contributed by atoms with E-state index in [9.17, 15) is 0 Å². The number of nitriles is 2. The minimum atomic E-state index is 0.402. The molecule has 0 spiro atoms. The molecule has 1 heterocycles. The van der Waals surface area contributed by atoms with Crippen molar-refractivity contribution in [3.05, 3.63) is 10.4 Å². The first-order valence-corrected chi connectivity index (χ1v) is 5.37. The molecule has 1 rings (SSSR count). The minimum Gasteiger partial charge on any atom is -0.493 e. The van der Waals surface area contributed by atoms with E-state index in [0.29, 0.717) is 16.2 Å². The first kappa shape index (κ1) is 9.91. The van der Waals surface area contributed by atoms with Gasteiger partial charge in [-0.05, 0) is 6.26 Å². The summed E-state index contributed by atoms with van der Waals surface area (Å²) < 4.78 is 5.82. The van der Waals surface area contributed by atoms with Crippen LogP contribution in [0.3, 0.4) is 0 Å². The lowest BCUT2D eigenvalue weighted by Gasteiger charge is -1.95. The van der Waals surface area contributed by atoms with Gasteiger partial charge in [0.05, 0.1) is 11.3 Å². The molecule has 0 N–H and O–H groups in total. The normalized spacial score (nSPS) is 8.92. The maximum atomic E-state index is 8.82. The SMILES string of the molecule is COc1c(C#N)sc(SC)c1C#N. The van der Waals surface area contributed by atoms with Gasteiger partial charge >= 0.3 is 0 Å². The smallest absolute Gasteiger partial charge is 0.166 e. The van der Waals surface area contributed by atoms with Crippen LogP contribution in [0, 0.1) is 22.7 Å². The van der Waals surface area contributed by atoms with Crippen LogP contribution in [0.2, 0.25) is 0 Å². The molecule has 0 aliphatic rings. The molecular weight excluding hydrogens is 204 g/mol. The Morgan fingerprint density at radius 2 is 2.08 bits per heavy atom. The van der Waals surface area contributed by atoms with Gasteiger partial charge in [-0.2, -0.15) is 10.5 Å². The van der Waals surface area contributed by atoms with Gasteiger partial charge in [-0.1, -0.05) is 0 Å². The molecule has 0 fully saturated rings. The Kier molecular flexibility index (Phi) is 3.18. The summed E-state index contributed by atoms with van der Waals surface area (Å²) in [4.78, 5) is 0.461. The number of thioether (sulfide) groups is 1. The molecule has 0 aromatic carbocycles. The van der Waals surface area contributed by atoms with Gasteiger partial charge in [0.1, 0.15) is 22.6 Å². The third-order valence-corrected chi connectivity index (χ3v) is 3.63. The first-order chi connectivity index (χ1) is 6.28. The summed E-state index contributed by atoms with van der Waals surface area (Å²) in [7, 11) is 1.47. The van der Waals surface area contributed by atoms with Gasteiger partial charge < -0.3 is 4.74 Å². The first-order valence-electron chi connectivity index (χ1n) is 3.33. The number of ether oxygens (including phenoxy) is 1. The summed E-state index contributed by atoms with van der Waals surface area (Å²) in [5.74, 6) is 0.402. The number of nitrogens with zero attached hydrogens (tertiary/aromatic N) is 2. The molecule has 13 heavy (non-hydrogen) atoms. The second kappa shape index (κ2) is 4.18. The van der Waals surface area contributed by atoms with Crippen molar-refractivity contribution in [2.75, 3.05) is 13.4 Å². The van der Waals surface area contributed by atoms with E-state index < -0.39 is 0 Å². The number of hydrogen-bond donors (Lipinski definition) is 0. The van der Waals surface area contributed by atoms with Crippen molar-refractivity contribution >= 4 is 23.1 Å². The van der Waals surface area contributed by atoms with E-state index in [2.05, 4.69) is 0 Å². The lowest BCUT2D eigenvalue weighted by molar-refractivity contribution is 0.413. The Balaban J connectivity index is 3.38. The van der Waals surface area contributed by atoms with E-state index >= 15 is 0 Å². The zero-order valence-corrected chi connectivity index (χ0v) is 8.75. The maximum Gasteiger partial charge on any atom is 0.166 e. The molecule has 1 aromatic heterocycles. The molecule has 0 amide bonds. The van der Waals surface area contributed by atoms with Crippen LogP contribution in [0.1, 0.15) is 10.4 Å². The van der Waals surface area contributed by atoms with Crippen molar-refractivity contribution < 1.29 is 4.74 Å². The molecule has 0 unspecified atom stereocenters. The fraction of sp³-hybridized carbons (Fsp3) is 0.250. The number of methoxy groups -OCH3 is 1. The Morgan fingerprint density at radius 1 is 1.38 bits per heavy atom. The predicted molar refractivity (Wildman–Crippen MR) is 52.1 cm³/mol. The van der Waals surface area contributed by atoms with Gasteiger partial charge in [-0.3, -0.25) is 0 Å². The second-order valence-electron chi connectivity index (χ2n) is 2.05. The highest BCUT2D eigenvalue weighted by Gasteiger charge is 2.17. The van der Waals surface area contributed by atoms with Crippen LogP contribution in [-0.2, 0) is 0 Å². The van der Waals surface area contributed by atoms with Gasteiger partial charge in [0.2, 0.25) is 0 Å². The highest BCUT2D eigenvalue weighted by molar-refractivity contribution is 8.00. The van der Waals surface area contributed by atoms with Crippen LogP contribution in [0.5, 0.6) is 5.75 Å². The molecule has 0 atom stereocenters. The van der Waals surface area contributed by atoms with Crippen LogP contribution < -0.4 is 4.74 Å². The summed E-state index contributed by atoms with van der Waals surface area (Å²) in [6, 6.07) is 4.04. The number of rotatable bonds is 2. The van der Waals surface area contributed by atoms with Crippen molar-refractivity contribution in [3.63, 3.8) is 0 Å². The van der Waals surface area contributed by atoms with Crippen molar-refractivity contribution in [1.29, 1.82) is 10.5 Å². The molecule has 0 aliphatic heterocycles. The van der Waals surface area contributed by atoms with Crippen LogP contribution >= 0.6 is 23.1 Å². The molecule has 0 saturated heterocycles. The summed E-state index contributed by atoms with van der Waals surface area (Å²) in [6.45, 7) is 0. The summed E-state index contributed by atoms with van der Waals surface area (Å²) in [6.07, 6.45) is 1.87. The summed E-state index contributed by atoms with van der Waals surface area (Å²) in [5.41, 5.74) is 0.469. The van der Waals surface area contributed by atoms with Gasteiger partial charge in [0.15, 0.2) is 5.75 Å². The zero-order valence-electron chi connectivity index (χ0n) is 7.12. The molecule has 0 radical (unpaired) electrons. The maximum absolute atomic E-state index is 8.82. The Labute approximate surface area is 84.6 Å². The summed E-state index contributed by atoms with van der Waals surface area (Å²) >= 11 is 2.74. The van der Waals surface area contributed by atoms with Crippen LogP contribution in [0.4, 0.5) is 0 Å². The van der Waals surface area contributed by atoms with E-state index in [4.69, 9.17) is 15.3 Å². The fourth-order valence-electron chi connectivity index (χ4n) is 0.905. The monoisotopic (exact) mass is 210 g/mol. The standard InChI is InChI=1S/C8H6N2OS2/c1-11-7-5(3-9)8(12-2)13-6(7)4-10/h1-2H3. The van der Waals surface area contributed by atoms with Gasteiger partial charge in [0, 0.05) is 0 Å². The van der Waals surface area contributed by atoms with Crippen molar-refractivity contribution in [2.45, 2.75) is 4.21 Å². The van der Waals surface area contributed by atoms with Crippen LogP contribution in [-0.4, -0.2) is 13.4 Å². The second-order valence-corrected chi connectivity index (χ2v) is 4.15. The molecule has 0 saturated carbocycles. The molecule has 0 aliphatic carbocycles. The number of hydrogen-bond acceptors (Lipinski definition) is 5. The average Bonchev–Trinajstić information content (AvgIpc) is 2.54. The van der Waals surface area contributed by atoms with Gasteiger partial charge in [0.25, 0.3) is 0 Å². The van der Waals surface area contributed by atoms with E-state index in [0.717, 1.165) is 4.21 Å². The fourth-order valence-corrected chi connectivity index (χ4v) is 2.58. The van der Waals surface area contributed by atoms with Gasteiger partial charge in [-0.25, -0.2) is 0 Å². The van der Waals surface area contributed by atoms with Crippen molar-refractivity contribution in [3.8, 4) is 17.9 Å². The third-order valence-electron chi connectivity index (χ3n) is 1.44. The van der Waals surface area contributed by atoms with Crippen molar-refractivity contribution in [1.82, 2.24) is 0 Å². The van der Waals surface area contributed by atoms with Gasteiger partial charge in [-0.15, -0.1) is 23.1 Å². The quantitative estimate of drug-likeness (QED) is 0.702. The molecule has 5 heteroatoms. The largest absolute Gasteiger partial charge is 0.493 e. The summed E-state index contributed by atoms with van der Waals surface area (Å²) in [5, 5.41) is 17.6. The van der Waals surface area contributed by atoms with E-state index in [-0.39, 0.29) is 0 Å². The molecule has 1 aromatic rings. The van der Waals surface area contributed by atoms with Crippen LogP contribution in [0.25, 0.3) is 0 Å². The van der Waals surface area contributed by atoms with E-state index in [1.54, 1.807) is 0 Å². The lowest BCUT2D eigenvalue weighted by Crippen LogP contribution is -1.85. The topological polar surface area (TPSA) is 56.8 Å². The third kappa shape index (κ3) is 1.62.